The number of ether oxygens (including phenoxy) is 5. The number of hydrogen-bond donors (Lipinski definition) is 0. The second-order valence-electron chi connectivity index (χ2n) is 8.77. The predicted molar refractivity (Wildman–Crippen MR) is 161 cm³/mol. The summed E-state index contributed by atoms with van der Waals surface area (Å²) in [4.78, 5) is 32.4. The number of benzene rings is 2. The standard InChI is InChI=1S/C30H31BrN2O7S/c1-7-12-40-21-11-10-18(13-24(21)38-8-2)14-25-28(34)33-27(19-15-22(36-5)23(37-6)16-20(19)31)26(29(35)39-9-3)17(4)32-30(33)41-25/h7,10-11,13-16,27H,1,8-9,12H2,2-6H3/b25-14-/t27-/m0/s1. The van der Waals surface area contributed by atoms with E-state index >= 15 is 0 Å². The number of nitrogens with zero attached hydrogens (tertiary/aromatic N) is 2. The van der Waals surface area contributed by atoms with Gasteiger partial charge in [0.15, 0.2) is 27.8 Å². The largest absolute Gasteiger partial charge is 0.493 e. The van der Waals surface area contributed by atoms with Crippen molar-refractivity contribution in [1.82, 2.24) is 4.57 Å². The van der Waals surface area contributed by atoms with E-state index in [-0.39, 0.29) is 17.7 Å². The third-order valence-corrected chi connectivity index (χ3v) is 7.91. The minimum absolute atomic E-state index is 0.175. The molecule has 1 aromatic heterocycles. The predicted octanol–water partition coefficient (Wildman–Crippen LogP) is 4.54. The van der Waals surface area contributed by atoms with Crippen LogP contribution in [0.1, 0.15) is 37.9 Å². The first-order chi connectivity index (χ1) is 19.8. The van der Waals surface area contributed by atoms with Gasteiger partial charge in [0.25, 0.3) is 5.56 Å². The van der Waals surface area contributed by atoms with Gasteiger partial charge in [-0.05, 0) is 62.2 Å². The average molecular weight is 644 g/mol. The van der Waals surface area contributed by atoms with Crippen LogP contribution in [0.3, 0.4) is 0 Å². The summed E-state index contributed by atoms with van der Waals surface area (Å²) in [7, 11) is 3.06. The Hall–Kier alpha value is -3.83. The number of rotatable bonds is 11. The van der Waals surface area contributed by atoms with Crippen LogP contribution in [0.25, 0.3) is 6.08 Å². The van der Waals surface area contributed by atoms with Crippen LogP contribution in [0.4, 0.5) is 0 Å². The minimum atomic E-state index is -0.824. The molecule has 0 spiro atoms. The van der Waals surface area contributed by atoms with E-state index in [1.165, 1.54) is 30.1 Å². The Morgan fingerprint density at radius 1 is 1.07 bits per heavy atom. The zero-order chi connectivity index (χ0) is 29.7. The SMILES string of the molecule is C=CCOc1ccc(/C=c2\sc3n(c2=O)[C@@H](c2cc(OC)c(OC)cc2Br)C(C(=O)OCC)=C(C)N=3)cc1OCC. The van der Waals surface area contributed by atoms with Gasteiger partial charge in [-0.1, -0.05) is 46.0 Å². The van der Waals surface area contributed by atoms with Gasteiger partial charge in [0.2, 0.25) is 0 Å². The third-order valence-electron chi connectivity index (χ3n) is 6.24. The molecule has 0 amide bonds. The van der Waals surface area contributed by atoms with Crippen LogP contribution in [0.5, 0.6) is 23.0 Å². The van der Waals surface area contributed by atoms with Gasteiger partial charge in [-0.15, -0.1) is 0 Å². The molecule has 0 aliphatic carbocycles. The van der Waals surface area contributed by atoms with Crippen LogP contribution in [0.15, 0.2) is 68.5 Å². The second-order valence-corrected chi connectivity index (χ2v) is 10.6. The number of thiazole rings is 1. The highest BCUT2D eigenvalue weighted by Gasteiger charge is 2.35. The topological polar surface area (TPSA) is 97.6 Å². The van der Waals surface area contributed by atoms with Gasteiger partial charge < -0.3 is 23.7 Å². The van der Waals surface area contributed by atoms with Gasteiger partial charge in [0.05, 0.1) is 49.3 Å². The lowest BCUT2D eigenvalue weighted by Gasteiger charge is -2.26. The van der Waals surface area contributed by atoms with Crippen molar-refractivity contribution in [3.05, 3.63) is 89.5 Å². The van der Waals surface area contributed by atoms with E-state index in [0.717, 1.165) is 5.56 Å². The number of carbonyl (C=O) groups excluding carboxylic acids is 1. The van der Waals surface area contributed by atoms with Crippen LogP contribution in [0.2, 0.25) is 0 Å². The number of methoxy groups -OCH3 is 2. The molecule has 11 heteroatoms. The number of hydrogen-bond acceptors (Lipinski definition) is 9. The molecule has 216 valence electrons. The van der Waals surface area contributed by atoms with E-state index in [9.17, 15) is 9.59 Å². The van der Waals surface area contributed by atoms with Crippen molar-refractivity contribution < 1.29 is 28.5 Å². The van der Waals surface area contributed by atoms with E-state index in [1.54, 1.807) is 44.2 Å². The smallest absolute Gasteiger partial charge is 0.338 e. The van der Waals surface area contributed by atoms with Crippen molar-refractivity contribution >= 4 is 39.3 Å². The van der Waals surface area contributed by atoms with Gasteiger partial charge >= 0.3 is 5.97 Å². The fourth-order valence-corrected chi connectivity index (χ4v) is 6.05. The maximum atomic E-state index is 14.0. The van der Waals surface area contributed by atoms with Crippen LogP contribution < -0.4 is 33.8 Å². The Bertz CT molecular complexity index is 1690. The Kier molecular flexibility index (Phi) is 9.72. The normalized spacial score (nSPS) is 14.7. The summed E-state index contributed by atoms with van der Waals surface area (Å²) in [5.74, 6) is 1.54. The molecule has 0 bridgehead atoms. The van der Waals surface area contributed by atoms with Crippen molar-refractivity contribution in [3.63, 3.8) is 0 Å². The number of aromatic nitrogens is 1. The summed E-state index contributed by atoms with van der Waals surface area (Å²) in [5, 5.41) is 0. The van der Waals surface area contributed by atoms with Crippen LogP contribution >= 0.6 is 27.3 Å². The molecular weight excluding hydrogens is 612 g/mol. The van der Waals surface area contributed by atoms with Gasteiger partial charge in [-0.25, -0.2) is 9.79 Å². The number of allylic oxidation sites excluding steroid dienone is 1. The van der Waals surface area contributed by atoms with Crippen molar-refractivity contribution in [2.45, 2.75) is 26.8 Å². The zero-order valence-electron chi connectivity index (χ0n) is 23.5. The van der Waals surface area contributed by atoms with E-state index in [4.69, 9.17) is 23.7 Å². The summed E-state index contributed by atoms with van der Waals surface area (Å²) >= 11 is 4.85. The van der Waals surface area contributed by atoms with Gasteiger partial charge in [-0.3, -0.25) is 9.36 Å². The molecule has 0 fully saturated rings. The first kappa shape index (κ1) is 30.1. The molecule has 0 radical (unpaired) electrons. The van der Waals surface area contributed by atoms with Crippen LogP contribution in [-0.4, -0.2) is 44.6 Å². The molecule has 0 saturated heterocycles. The molecule has 1 aliphatic heterocycles. The highest BCUT2D eigenvalue weighted by atomic mass is 79.9. The highest BCUT2D eigenvalue weighted by molar-refractivity contribution is 9.10. The average Bonchev–Trinajstić information content (AvgIpc) is 3.25. The van der Waals surface area contributed by atoms with Crippen molar-refractivity contribution in [3.8, 4) is 23.0 Å². The summed E-state index contributed by atoms with van der Waals surface area (Å²) < 4.78 is 30.4. The molecular formula is C30H31BrN2O7S. The Morgan fingerprint density at radius 2 is 1.80 bits per heavy atom. The maximum absolute atomic E-state index is 14.0. The Morgan fingerprint density at radius 3 is 2.46 bits per heavy atom. The van der Waals surface area contributed by atoms with Crippen molar-refractivity contribution in [2.75, 3.05) is 34.0 Å². The summed E-state index contributed by atoms with van der Waals surface area (Å²) in [5.41, 5.74) is 1.79. The van der Waals surface area contributed by atoms with Crippen molar-refractivity contribution in [2.24, 2.45) is 4.99 Å². The third kappa shape index (κ3) is 6.11. The summed E-state index contributed by atoms with van der Waals surface area (Å²) in [6.45, 7) is 10.0. The molecule has 0 N–H and O–H groups in total. The van der Waals surface area contributed by atoms with Gasteiger partial charge in [0, 0.05) is 4.47 Å². The molecule has 2 heterocycles. The fraction of sp³-hybridized carbons (Fsp3) is 0.300. The van der Waals surface area contributed by atoms with Gasteiger partial charge in [-0.2, -0.15) is 0 Å². The number of halogens is 1. The molecule has 4 rings (SSSR count). The van der Waals surface area contributed by atoms with E-state index in [2.05, 4.69) is 27.5 Å². The number of fused-ring (bicyclic) bond motifs is 1. The number of esters is 1. The summed E-state index contributed by atoms with van der Waals surface area (Å²) in [6.07, 6.45) is 3.43. The molecule has 0 saturated carbocycles. The van der Waals surface area contributed by atoms with Crippen LogP contribution in [-0.2, 0) is 9.53 Å². The monoisotopic (exact) mass is 642 g/mol. The fourth-order valence-electron chi connectivity index (χ4n) is 4.47. The van der Waals surface area contributed by atoms with Crippen molar-refractivity contribution in [1.29, 1.82) is 0 Å². The highest BCUT2D eigenvalue weighted by Crippen LogP contribution is 2.40. The molecule has 0 unspecified atom stereocenters. The van der Waals surface area contributed by atoms with Crippen LogP contribution in [0, 0.1) is 0 Å². The molecule has 3 aromatic rings. The Balaban J connectivity index is 1.94. The lowest BCUT2D eigenvalue weighted by atomic mass is 9.95. The van der Waals surface area contributed by atoms with E-state index in [0.29, 0.717) is 61.3 Å². The quantitative estimate of drug-likeness (QED) is 0.224. The lowest BCUT2D eigenvalue weighted by Crippen LogP contribution is -2.40. The molecule has 41 heavy (non-hydrogen) atoms. The molecule has 1 aliphatic rings. The maximum Gasteiger partial charge on any atom is 0.338 e. The van der Waals surface area contributed by atoms with Gasteiger partial charge in [0.1, 0.15) is 6.61 Å². The molecule has 9 nitrogen and oxygen atoms in total. The molecule has 2 aromatic carbocycles. The van der Waals surface area contributed by atoms with E-state index in [1.807, 2.05) is 19.1 Å². The number of carbonyl (C=O) groups is 1. The molecule has 1 atom stereocenters. The summed E-state index contributed by atoms with van der Waals surface area (Å²) in [6, 6.07) is 8.13. The second kappa shape index (κ2) is 13.2. The first-order valence-electron chi connectivity index (χ1n) is 12.9. The lowest BCUT2D eigenvalue weighted by molar-refractivity contribution is -0.139. The first-order valence-corrected chi connectivity index (χ1v) is 14.5. The van der Waals surface area contributed by atoms with E-state index < -0.39 is 12.0 Å². The zero-order valence-corrected chi connectivity index (χ0v) is 25.9. The minimum Gasteiger partial charge on any atom is -0.493 e. The Labute approximate surface area is 250 Å².